The average Bonchev–Trinajstić information content (AvgIpc) is 3.07. The molecule has 1 atom stereocenters. The lowest BCUT2D eigenvalue weighted by atomic mass is 10.1. The minimum atomic E-state index is -3.81. The lowest BCUT2D eigenvalue weighted by Crippen LogP contribution is -2.14. The Hall–Kier alpha value is -2.36. The summed E-state index contributed by atoms with van der Waals surface area (Å²) in [7, 11) is -2.23. The molecule has 9 heteroatoms. The number of ketones is 1. The molecule has 0 unspecified atom stereocenters. The Morgan fingerprint density at radius 3 is 2.53 bits per heavy atom. The van der Waals surface area contributed by atoms with Gasteiger partial charge in [0, 0.05) is 12.1 Å². The summed E-state index contributed by atoms with van der Waals surface area (Å²) in [5.74, 6) is 0.681. The lowest BCUT2D eigenvalue weighted by Gasteiger charge is -2.13. The fourth-order valence-corrected chi connectivity index (χ4v) is 4.65. The van der Waals surface area contributed by atoms with Crippen LogP contribution in [0.3, 0.4) is 0 Å². The van der Waals surface area contributed by atoms with Crippen LogP contribution in [-0.2, 0) is 16.6 Å². The van der Waals surface area contributed by atoms with E-state index in [0.717, 1.165) is 24.9 Å². The molecular weight excluding hydrogens is 422 g/mol. The molecule has 0 aliphatic carbocycles. The van der Waals surface area contributed by atoms with Gasteiger partial charge in [-0.15, -0.1) is 0 Å². The number of nitrogens with zero attached hydrogens (tertiary/aromatic N) is 2. The van der Waals surface area contributed by atoms with Crippen molar-refractivity contribution in [2.24, 2.45) is 5.14 Å². The molecule has 160 valence electrons. The van der Waals surface area contributed by atoms with E-state index in [0.29, 0.717) is 22.0 Å². The summed E-state index contributed by atoms with van der Waals surface area (Å²) in [4.78, 5) is 17.5. The second kappa shape index (κ2) is 9.20. The van der Waals surface area contributed by atoms with Gasteiger partial charge in [0.25, 0.3) is 0 Å². The van der Waals surface area contributed by atoms with Crippen molar-refractivity contribution < 1.29 is 17.9 Å². The standard InChI is InChI=1S/C21H25N3O4S2/c1-4-5-12-24-19-11-10-17(30(22,26)27)13-18(19)23-21(24)29-14(2)20(25)15-6-8-16(28-3)9-7-15/h6-11,13-14H,4-5,12H2,1-3H3,(H2,22,26,27)/t14-/m0/s1. The van der Waals surface area contributed by atoms with Crippen LogP contribution in [0.4, 0.5) is 0 Å². The number of sulfonamides is 1. The maximum absolute atomic E-state index is 12.9. The van der Waals surface area contributed by atoms with Gasteiger partial charge < -0.3 is 9.30 Å². The number of ether oxygens (including phenoxy) is 1. The molecule has 0 aliphatic heterocycles. The van der Waals surface area contributed by atoms with Crippen LogP contribution in [0.2, 0.25) is 0 Å². The summed E-state index contributed by atoms with van der Waals surface area (Å²) in [6.45, 7) is 4.67. The van der Waals surface area contributed by atoms with Crippen molar-refractivity contribution in [3.8, 4) is 5.75 Å². The average molecular weight is 448 g/mol. The number of methoxy groups -OCH3 is 1. The molecule has 0 fully saturated rings. The zero-order valence-corrected chi connectivity index (χ0v) is 18.8. The molecule has 0 spiro atoms. The Balaban J connectivity index is 1.93. The monoisotopic (exact) mass is 447 g/mol. The zero-order chi connectivity index (χ0) is 21.9. The van der Waals surface area contributed by atoms with Gasteiger partial charge in [-0.25, -0.2) is 18.5 Å². The number of aromatic nitrogens is 2. The number of nitrogens with two attached hydrogens (primary N) is 1. The Kier molecular flexibility index (Phi) is 6.84. The summed E-state index contributed by atoms with van der Waals surface area (Å²) in [5, 5.41) is 5.57. The first-order chi connectivity index (χ1) is 14.2. The third kappa shape index (κ3) is 4.85. The van der Waals surface area contributed by atoms with Gasteiger partial charge in [0.2, 0.25) is 10.0 Å². The van der Waals surface area contributed by atoms with Gasteiger partial charge in [-0.1, -0.05) is 25.1 Å². The summed E-state index contributed by atoms with van der Waals surface area (Å²) < 4.78 is 30.6. The summed E-state index contributed by atoms with van der Waals surface area (Å²) in [5.41, 5.74) is 1.97. The number of benzene rings is 2. The maximum atomic E-state index is 12.9. The Bertz CT molecular complexity index is 1150. The molecule has 7 nitrogen and oxygen atoms in total. The third-order valence-electron chi connectivity index (χ3n) is 4.77. The molecule has 3 aromatic rings. The molecule has 0 saturated carbocycles. The van der Waals surface area contributed by atoms with Crippen molar-refractivity contribution in [2.75, 3.05) is 7.11 Å². The predicted octanol–water partition coefficient (Wildman–Crippen LogP) is 3.86. The highest BCUT2D eigenvalue weighted by Crippen LogP contribution is 2.30. The first-order valence-corrected chi connectivity index (χ1v) is 12.0. The van der Waals surface area contributed by atoms with Gasteiger partial charge in [0.1, 0.15) is 5.75 Å². The van der Waals surface area contributed by atoms with Gasteiger partial charge in [-0.3, -0.25) is 4.79 Å². The first-order valence-electron chi connectivity index (χ1n) is 9.62. The van der Waals surface area contributed by atoms with Crippen LogP contribution in [0.1, 0.15) is 37.0 Å². The number of carbonyl (C=O) groups is 1. The number of thioether (sulfide) groups is 1. The predicted molar refractivity (Wildman–Crippen MR) is 119 cm³/mol. The summed E-state index contributed by atoms with van der Waals surface area (Å²) in [6.07, 6.45) is 1.94. The van der Waals surface area contributed by atoms with Gasteiger partial charge in [-0.2, -0.15) is 0 Å². The molecule has 0 amide bonds. The Morgan fingerprint density at radius 2 is 1.93 bits per heavy atom. The molecule has 2 N–H and O–H groups in total. The van der Waals surface area contributed by atoms with Gasteiger partial charge in [0.05, 0.1) is 28.3 Å². The number of fused-ring (bicyclic) bond motifs is 1. The van der Waals surface area contributed by atoms with E-state index in [9.17, 15) is 13.2 Å². The maximum Gasteiger partial charge on any atom is 0.238 e. The first kappa shape index (κ1) is 22.3. The van der Waals surface area contributed by atoms with E-state index in [1.54, 1.807) is 37.4 Å². The van der Waals surface area contributed by atoms with Crippen molar-refractivity contribution in [1.29, 1.82) is 0 Å². The normalized spacial score (nSPS) is 12.8. The van der Waals surface area contributed by atoms with Crippen LogP contribution >= 0.6 is 11.8 Å². The van der Waals surface area contributed by atoms with Gasteiger partial charge in [-0.05, 0) is 55.8 Å². The van der Waals surface area contributed by atoms with E-state index in [2.05, 4.69) is 11.9 Å². The largest absolute Gasteiger partial charge is 0.497 e. The minimum Gasteiger partial charge on any atom is -0.497 e. The highest BCUT2D eigenvalue weighted by Gasteiger charge is 2.21. The highest BCUT2D eigenvalue weighted by atomic mass is 32.2. The molecule has 0 bridgehead atoms. The van der Waals surface area contributed by atoms with Crippen LogP contribution in [0.25, 0.3) is 11.0 Å². The van der Waals surface area contributed by atoms with Crippen molar-refractivity contribution in [2.45, 2.75) is 48.5 Å². The molecule has 2 aromatic carbocycles. The van der Waals surface area contributed by atoms with E-state index in [1.807, 2.05) is 11.5 Å². The number of primary sulfonamides is 1. The zero-order valence-electron chi connectivity index (χ0n) is 17.2. The molecule has 30 heavy (non-hydrogen) atoms. The van der Waals surface area contributed by atoms with Gasteiger partial charge in [0.15, 0.2) is 10.9 Å². The van der Waals surface area contributed by atoms with E-state index in [-0.39, 0.29) is 15.9 Å². The molecular formula is C21H25N3O4S2. The number of carbonyl (C=O) groups excluding carboxylic acids is 1. The van der Waals surface area contributed by atoms with Crippen LogP contribution in [-0.4, -0.2) is 36.1 Å². The third-order valence-corrected chi connectivity index (χ3v) is 6.78. The number of imidazole rings is 1. The van der Waals surface area contributed by atoms with Crippen molar-refractivity contribution in [3.63, 3.8) is 0 Å². The highest BCUT2D eigenvalue weighted by molar-refractivity contribution is 8.00. The number of Topliss-reactive ketones (excluding diaryl/α,β-unsaturated/α-hetero) is 1. The molecule has 0 saturated heterocycles. The van der Waals surface area contributed by atoms with E-state index in [4.69, 9.17) is 9.88 Å². The van der Waals surface area contributed by atoms with Crippen molar-refractivity contribution in [3.05, 3.63) is 48.0 Å². The van der Waals surface area contributed by atoms with E-state index in [1.165, 1.54) is 23.9 Å². The number of rotatable bonds is 9. The summed E-state index contributed by atoms with van der Waals surface area (Å²) in [6, 6.07) is 11.7. The second-order valence-corrected chi connectivity index (χ2v) is 9.82. The second-order valence-electron chi connectivity index (χ2n) is 6.95. The molecule has 3 rings (SSSR count). The fraction of sp³-hybridized carbons (Fsp3) is 0.333. The number of hydrogen-bond donors (Lipinski definition) is 1. The van der Waals surface area contributed by atoms with E-state index < -0.39 is 10.0 Å². The molecule has 1 heterocycles. The summed E-state index contributed by atoms with van der Waals surface area (Å²) >= 11 is 1.36. The Morgan fingerprint density at radius 1 is 1.23 bits per heavy atom. The quantitative estimate of drug-likeness (QED) is 0.395. The van der Waals surface area contributed by atoms with Crippen LogP contribution in [0.5, 0.6) is 5.75 Å². The number of hydrogen-bond acceptors (Lipinski definition) is 6. The smallest absolute Gasteiger partial charge is 0.238 e. The molecule has 0 radical (unpaired) electrons. The lowest BCUT2D eigenvalue weighted by molar-refractivity contribution is 0.0994. The fourth-order valence-electron chi connectivity index (χ4n) is 3.09. The SMILES string of the molecule is CCCCn1c(S[C@@H](C)C(=O)c2ccc(OC)cc2)nc2cc(S(N)(=O)=O)ccc21. The Labute approximate surface area is 180 Å². The van der Waals surface area contributed by atoms with Crippen LogP contribution in [0, 0.1) is 0 Å². The van der Waals surface area contributed by atoms with Crippen molar-refractivity contribution >= 4 is 38.6 Å². The number of unbranched alkanes of at least 4 members (excludes halogenated alkanes) is 1. The van der Waals surface area contributed by atoms with Gasteiger partial charge >= 0.3 is 0 Å². The van der Waals surface area contributed by atoms with Crippen LogP contribution in [0.15, 0.2) is 52.5 Å². The van der Waals surface area contributed by atoms with Crippen LogP contribution < -0.4 is 9.88 Å². The topological polar surface area (TPSA) is 104 Å². The number of aryl methyl sites for hydroxylation is 1. The van der Waals surface area contributed by atoms with E-state index >= 15 is 0 Å². The minimum absolute atomic E-state index is 0.0121. The van der Waals surface area contributed by atoms with Crippen molar-refractivity contribution in [1.82, 2.24) is 9.55 Å². The molecule has 0 aliphatic rings. The molecule has 1 aromatic heterocycles.